The number of nitrogens with one attached hydrogen (secondary N) is 1. The maximum Gasteiger partial charge on any atom is 0.0954 e. The van der Waals surface area contributed by atoms with Crippen LogP contribution in [0, 0.1) is 0 Å². The number of fused-ring (bicyclic) bond motifs is 1. The molecule has 3 aromatic heterocycles. The first-order chi connectivity index (χ1) is 8.38. The number of hydrogen-bond acceptors (Lipinski definition) is 4. The zero-order chi connectivity index (χ0) is 11.7. The van der Waals surface area contributed by atoms with Crippen LogP contribution in [0.2, 0.25) is 0 Å². The second kappa shape index (κ2) is 4.64. The number of rotatable bonds is 4. The molecule has 88 valence electrons. The molecule has 0 radical (unpaired) electrons. The highest BCUT2D eigenvalue weighted by Gasteiger charge is 2.17. The first-order valence-corrected chi connectivity index (χ1v) is 7.30. The van der Waals surface area contributed by atoms with E-state index < -0.39 is 0 Å². The molecule has 4 heteroatoms. The molecule has 3 aromatic rings. The highest BCUT2D eigenvalue weighted by atomic mass is 32.1. The minimum atomic E-state index is 0.253. The molecule has 0 spiro atoms. The SMILES string of the molecule is CCNC(c1ccoc1)c1cc2sccc2s1. The number of thiophene rings is 2. The van der Waals surface area contributed by atoms with Gasteiger partial charge in [0.05, 0.1) is 18.6 Å². The molecule has 1 N–H and O–H groups in total. The van der Waals surface area contributed by atoms with Crippen LogP contribution in [0.5, 0.6) is 0 Å². The van der Waals surface area contributed by atoms with Crippen molar-refractivity contribution in [2.24, 2.45) is 0 Å². The molecular formula is C13H13NOS2. The molecule has 17 heavy (non-hydrogen) atoms. The molecule has 1 unspecified atom stereocenters. The van der Waals surface area contributed by atoms with Crippen molar-refractivity contribution in [1.82, 2.24) is 5.32 Å². The third-order valence-corrected chi connectivity index (χ3v) is 4.89. The molecule has 0 fully saturated rings. The predicted molar refractivity (Wildman–Crippen MR) is 73.9 cm³/mol. The van der Waals surface area contributed by atoms with E-state index in [1.165, 1.54) is 19.8 Å². The second-order valence-corrected chi connectivity index (χ2v) is 5.91. The Balaban J connectivity index is 2.01. The summed E-state index contributed by atoms with van der Waals surface area (Å²) in [7, 11) is 0. The molecule has 3 rings (SSSR count). The first-order valence-electron chi connectivity index (χ1n) is 5.61. The van der Waals surface area contributed by atoms with E-state index in [0.717, 1.165) is 6.54 Å². The normalized spacial score (nSPS) is 13.2. The predicted octanol–water partition coefficient (Wildman–Crippen LogP) is 4.25. The van der Waals surface area contributed by atoms with E-state index in [1.54, 1.807) is 17.6 Å². The molecular weight excluding hydrogens is 250 g/mol. The van der Waals surface area contributed by atoms with Gasteiger partial charge < -0.3 is 9.73 Å². The Bertz CT molecular complexity index is 565. The van der Waals surface area contributed by atoms with Gasteiger partial charge in [0.15, 0.2) is 0 Å². The van der Waals surface area contributed by atoms with Crippen LogP contribution >= 0.6 is 22.7 Å². The van der Waals surface area contributed by atoms with E-state index in [9.17, 15) is 0 Å². The lowest BCUT2D eigenvalue weighted by Gasteiger charge is -2.14. The zero-order valence-corrected chi connectivity index (χ0v) is 11.1. The van der Waals surface area contributed by atoms with Gasteiger partial charge in [-0.3, -0.25) is 0 Å². The molecule has 0 amide bonds. The quantitative estimate of drug-likeness (QED) is 0.761. The number of furan rings is 1. The van der Waals surface area contributed by atoms with Gasteiger partial charge in [0, 0.05) is 19.8 Å². The van der Waals surface area contributed by atoms with E-state index in [0.29, 0.717) is 0 Å². The largest absolute Gasteiger partial charge is 0.472 e. The summed E-state index contributed by atoms with van der Waals surface area (Å²) in [6.07, 6.45) is 3.55. The zero-order valence-electron chi connectivity index (χ0n) is 9.47. The average Bonchev–Trinajstić information content (AvgIpc) is 3.01. The van der Waals surface area contributed by atoms with Gasteiger partial charge in [-0.25, -0.2) is 0 Å². The Labute approximate surface area is 108 Å². The summed E-state index contributed by atoms with van der Waals surface area (Å²) >= 11 is 3.66. The van der Waals surface area contributed by atoms with Crippen molar-refractivity contribution < 1.29 is 4.42 Å². The van der Waals surface area contributed by atoms with Crippen LogP contribution in [0.4, 0.5) is 0 Å². The molecule has 3 heterocycles. The maximum atomic E-state index is 5.19. The first kappa shape index (κ1) is 11.0. The van der Waals surface area contributed by atoms with Crippen molar-refractivity contribution in [2.75, 3.05) is 6.54 Å². The second-order valence-electron chi connectivity index (χ2n) is 3.85. The van der Waals surface area contributed by atoms with Gasteiger partial charge in [-0.05, 0) is 30.1 Å². The average molecular weight is 263 g/mol. The topological polar surface area (TPSA) is 25.2 Å². The van der Waals surface area contributed by atoms with Crippen molar-refractivity contribution in [1.29, 1.82) is 0 Å². The lowest BCUT2D eigenvalue weighted by molar-refractivity contribution is 0.554. The Kier molecular flexibility index (Phi) is 3.01. The van der Waals surface area contributed by atoms with Crippen LogP contribution < -0.4 is 5.32 Å². The third-order valence-electron chi connectivity index (χ3n) is 2.73. The summed E-state index contributed by atoms with van der Waals surface area (Å²) in [5, 5.41) is 5.65. The van der Waals surface area contributed by atoms with Gasteiger partial charge in [0.1, 0.15) is 0 Å². The van der Waals surface area contributed by atoms with Gasteiger partial charge in [-0.1, -0.05) is 6.92 Å². The van der Waals surface area contributed by atoms with Crippen LogP contribution in [0.3, 0.4) is 0 Å². The summed E-state index contributed by atoms with van der Waals surface area (Å²) in [5.74, 6) is 0. The molecule has 0 saturated carbocycles. The minimum absolute atomic E-state index is 0.253. The molecule has 0 aliphatic rings. The summed E-state index contributed by atoms with van der Waals surface area (Å²) in [6.45, 7) is 3.07. The third kappa shape index (κ3) is 2.04. The summed E-state index contributed by atoms with van der Waals surface area (Å²) in [4.78, 5) is 1.36. The molecule has 1 atom stereocenters. The van der Waals surface area contributed by atoms with Crippen LogP contribution in [-0.2, 0) is 0 Å². The van der Waals surface area contributed by atoms with E-state index >= 15 is 0 Å². The molecule has 0 aliphatic carbocycles. The van der Waals surface area contributed by atoms with Crippen molar-refractivity contribution in [3.63, 3.8) is 0 Å². The lowest BCUT2D eigenvalue weighted by Crippen LogP contribution is -2.20. The van der Waals surface area contributed by atoms with Crippen LogP contribution in [0.25, 0.3) is 9.40 Å². The van der Waals surface area contributed by atoms with E-state index in [2.05, 4.69) is 29.8 Å². The fourth-order valence-corrected chi connectivity index (χ4v) is 4.18. The van der Waals surface area contributed by atoms with Crippen LogP contribution in [0.15, 0.2) is 40.5 Å². The Morgan fingerprint density at radius 2 is 2.29 bits per heavy atom. The summed E-state index contributed by atoms with van der Waals surface area (Å²) in [5.41, 5.74) is 1.20. The fraction of sp³-hybridized carbons (Fsp3) is 0.231. The summed E-state index contributed by atoms with van der Waals surface area (Å²) < 4.78 is 7.93. The monoisotopic (exact) mass is 263 g/mol. The minimum Gasteiger partial charge on any atom is -0.472 e. The molecule has 0 bridgehead atoms. The van der Waals surface area contributed by atoms with Crippen molar-refractivity contribution in [3.8, 4) is 0 Å². The van der Waals surface area contributed by atoms with Gasteiger partial charge in [-0.15, -0.1) is 22.7 Å². The van der Waals surface area contributed by atoms with E-state index in [1.807, 2.05) is 23.7 Å². The highest BCUT2D eigenvalue weighted by molar-refractivity contribution is 7.27. The fourth-order valence-electron chi connectivity index (χ4n) is 1.95. The van der Waals surface area contributed by atoms with E-state index in [4.69, 9.17) is 4.42 Å². The Hall–Kier alpha value is -1.10. The van der Waals surface area contributed by atoms with Gasteiger partial charge in [-0.2, -0.15) is 0 Å². The van der Waals surface area contributed by atoms with Crippen molar-refractivity contribution >= 4 is 32.1 Å². The van der Waals surface area contributed by atoms with Crippen LogP contribution in [0.1, 0.15) is 23.4 Å². The van der Waals surface area contributed by atoms with Crippen molar-refractivity contribution in [3.05, 3.63) is 46.5 Å². The molecule has 0 aromatic carbocycles. The van der Waals surface area contributed by atoms with Gasteiger partial charge in [0.2, 0.25) is 0 Å². The Morgan fingerprint density at radius 1 is 1.35 bits per heavy atom. The van der Waals surface area contributed by atoms with Crippen molar-refractivity contribution in [2.45, 2.75) is 13.0 Å². The highest BCUT2D eigenvalue weighted by Crippen LogP contribution is 2.35. The smallest absolute Gasteiger partial charge is 0.0954 e. The number of hydrogen-bond donors (Lipinski definition) is 1. The lowest BCUT2D eigenvalue weighted by atomic mass is 10.1. The standard InChI is InChI=1S/C13H13NOS2/c1-2-14-13(9-3-5-15-8-9)12-7-11-10(17-12)4-6-16-11/h3-8,13-14H,2H2,1H3. The molecule has 0 aliphatic heterocycles. The Morgan fingerprint density at radius 3 is 3.00 bits per heavy atom. The molecule has 2 nitrogen and oxygen atoms in total. The van der Waals surface area contributed by atoms with Gasteiger partial charge in [0.25, 0.3) is 0 Å². The van der Waals surface area contributed by atoms with E-state index in [-0.39, 0.29) is 6.04 Å². The molecule has 0 saturated heterocycles. The summed E-state index contributed by atoms with van der Waals surface area (Å²) in [6, 6.07) is 6.75. The maximum absolute atomic E-state index is 5.19. The van der Waals surface area contributed by atoms with Crippen LogP contribution in [-0.4, -0.2) is 6.54 Å². The van der Waals surface area contributed by atoms with Gasteiger partial charge >= 0.3 is 0 Å².